The number of thioether (sulfide) groups is 2. The Labute approximate surface area is 157 Å². The highest BCUT2D eigenvalue weighted by molar-refractivity contribution is 8.03. The lowest BCUT2D eigenvalue weighted by Gasteiger charge is -2.10. The summed E-state index contributed by atoms with van der Waals surface area (Å²) in [4.78, 5) is 0. The van der Waals surface area contributed by atoms with E-state index in [-0.39, 0.29) is 6.10 Å². The molecule has 0 heterocycles. The van der Waals surface area contributed by atoms with Crippen molar-refractivity contribution in [1.29, 1.82) is 10.5 Å². The summed E-state index contributed by atoms with van der Waals surface area (Å²) >= 11 is 2.71. The number of nitriles is 2. The number of nitrogens with zero attached hydrogens (tertiary/aromatic N) is 2. The highest BCUT2D eigenvalue weighted by Crippen LogP contribution is 2.15. The molecule has 0 aliphatic heterocycles. The van der Waals surface area contributed by atoms with E-state index in [0.29, 0.717) is 0 Å². The van der Waals surface area contributed by atoms with Crippen molar-refractivity contribution in [3.63, 3.8) is 0 Å². The Bertz CT molecular complexity index is 307. The lowest BCUT2D eigenvalue weighted by molar-refractivity contribution is 0.147. The smallest absolute Gasteiger partial charge is 0.133 e. The average Bonchev–Trinajstić information content (AvgIpc) is 2.59. The average molecular weight is 371 g/mol. The summed E-state index contributed by atoms with van der Waals surface area (Å²) in [5.74, 6) is 1.93. The molecule has 0 bridgehead atoms. The van der Waals surface area contributed by atoms with Crippen LogP contribution in [-0.4, -0.2) is 22.7 Å². The zero-order valence-corrected chi connectivity index (χ0v) is 16.7. The minimum absolute atomic E-state index is 0.107. The second-order valence-corrected chi connectivity index (χ2v) is 8.11. The van der Waals surface area contributed by atoms with Crippen LogP contribution in [0.3, 0.4) is 0 Å². The first-order valence-corrected chi connectivity index (χ1v) is 11.5. The normalized spacial score (nSPS) is 10.7. The van der Waals surface area contributed by atoms with E-state index in [1.165, 1.54) is 74.9 Å². The minimum Gasteiger partial charge on any atom is -0.393 e. The molecule has 0 aromatic rings. The van der Waals surface area contributed by atoms with Crippen molar-refractivity contribution in [2.24, 2.45) is 0 Å². The maximum absolute atomic E-state index is 9.98. The van der Waals surface area contributed by atoms with E-state index in [0.717, 1.165) is 50.0 Å². The van der Waals surface area contributed by atoms with E-state index in [4.69, 9.17) is 10.5 Å². The fourth-order valence-corrected chi connectivity index (χ4v) is 3.64. The molecule has 0 aromatic heterocycles. The standard InChI is InChI=1S/C19H34N2OS2/c20-17-23-15-11-7-3-1-5-9-13-19(22)14-10-6-2-4-8-12-16-24-18-21/h19,22H,1-16H2. The van der Waals surface area contributed by atoms with Gasteiger partial charge in [-0.05, 0) is 49.2 Å². The van der Waals surface area contributed by atoms with Gasteiger partial charge in [0.15, 0.2) is 0 Å². The predicted molar refractivity (Wildman–Crippen MR) is 107 cm³/mol. The van der Waals surface area contributed by atoms with Crippen LogP contribution in [0.15, 0.2) is 0 Å². The fraction of sp³-hybridized carbons (Fsp3) is 0.895. The molecule has 0 fully saturated rings. The summed E-state index contributed by atoms with van der Waals surface area (Å²) in [7, 11) is 0. The van der Waals surface area contributed by atoms with Crippen LogP contribution in [0.1, 0.15) is 89.9 Å². The monoisotopic (exact) mass is 370 g/mol. The van der Waals surface area contributed by atoms with Crippen molar-refractivity contribution in [2.75, 3.05) is 11.5 Å². The van der Waals surface area contributed by atoms with Crippen molar-refractivity contribution in [3.05, 3.63) is 0 Å². The number of aliphatic hydroxyl groups excluding tert-OH is 1. The molecule has 24 heavy (non-hydrogen) atoms. The van der Waals surface area contributed by atoms with Crippen LogP contribution >= 0.6 is 23.5 Å². The molecule has 0 atom stereocenters. The van der Waals surface area contributed by atoms with Crippen LogP contribution < -0.4 is 0 Å². The fourth-order valence-electron chi connectivity index (χ4n) is 2.76. The summed E-state index contributed by atoms with van der Waals surface area (Å²) in [5, 5.41) is 31.0. The third-order valence-electron chi connectivity index (χ3n) is 4.20. The van der Waals surface area contributed by atoms with E-state index >= 15 is 0 Å². The van der Waals surface area contributed by atoms with Crippen molar-refractivity contribution in [3.8, 4) is 10.8 Å². The SMILES string of the molecule is N#CSCCCCCCCCC(O)CCCCCCCCSC#N. The topological polar surface area (TPSA) is 67.8 Å². The highest BCUT2D eigenvalue weighted by Gasteiger charge is 2.03. The molecule has 0 radical (unpaired) electrons. The maximum Gasteiger partial charge on any atom is 0.133 e. The van der Waals surface area contributed by atoms with Crippen LogP contribution in [0, 0.1) is 21.3 Å². The van der Waals surface area contributed by atoms with Crippen molar-refractivity contribution in [1.82, 2.24) is 0 Å². The summed E-state index contributed by atoms with van der Waals surface area (Å²) in [6.07, 6.45) is 16.3. The van der Waals surface area contributed by atoms with E-state index in [1.807, 2.05) is 0 Å². The molecular weight excluding hydrogens is 336 g/mol. The van der Waals surface area contributed by atoms with Crippen molar-refractivity contribution < 1.29 is 5.11 Å². The first-order valence-electron chi connectivity index (χ1n) is 9.51. The van der Waals surface area contributed by atoms with Gasteiger partial charge >= 0.3 is 0 Å². The number of hydrogen-bond donors (Lipinski definition) is 1. The molecule has 0 unspecified atom stereocenters. The molecule has 0 saturated carbocycles. The number of unbranched alkanes of at least 4 members (excludes halogenated alkanes) is 10. The third kappa shape index (κ3) is 19.7. The molecule has 138 valence electrons. The molecular formula is C19H34N2OS2. The third-order valence-corrected chi connectivity index (χ3v) is 5.44. The van der Waals surface area contributed by atoms with Gasteiger partial charge in [-0.3, -0.25) is 0 Å². The van der Waals surface area contributed by atoms with E-state index in [1.54, 1.807) is 0 Å². The molecule has 1 N–H and O–H groups in total. The zero-order chi connectivity index (χ0) is 17.7. The van der Waals surface area contributed by atoms with Gasteiger partial charge in [0.2, 0.25) is 0 Å². The Balaban J connectivity index is 3.15. The second kappa shape index (κ2) is 20.7. The Morgan fingerprint density at radius 3 is 1.29 bits per heavy atom. The lowest BCUT2D eigenvalue weighted by Crippen LogP contribution is -2.05. The second-order valence-electron chi connectivity index (χ2n) is 6.35. The summed E-state index contributed by atoms with van der Waals surface area (Å²) in [5.41, 5.74) is 0. The van der Waals surface area contributed by atoms with Crippen LogP contribution in [0.2, 0.25) is 0 Å². The summed E-state index contributed by atoms with van der Waals surface area (Å²) in [6.45, 7) is 0. The lowest BCUT2D eigenvalue weighted by atomic mass is 10.0. The van der Waals surface area contributed by atoms with Crippen LogP contribution in [-0.2, 0) is 0 Å². The molecule has 5 heteroatoms. The maximum atomic E-state index is 9.98. The van der Waals surface area contributed by atoms with E-state index in [9.17, 15) is 5.11 Å². The molecule has 0 aliphatic carbocycles. The Morgan fingerprint density at radius 2 is 0.917 bits per heavy atom. The summed E-state index contributed by atoms with van der Waals surface area (Å²) in [6, 6.07) is 0. The van der Waals surface area contributed by atoms with Gasteiger partial charge in [0.1, 0.15) is 10.8 Å². The minimum atomic E-state index is -0.107. The van der Waals surface area contributed by atoms with E-state index < -0.39 is 0 Å². The number of hydrogen-bond acceptors (Lipinski definition) is 5. The largest absolute Gasteiger partial charge is 0.393 e. The van der Waals surface area contributed by atoms with Gasteiger partial charge in [-0.1, -0.05) is 64.2 Å². The van der Waals surface area contributed by atoms with E-state index in [2.05, 4.69) is 10.8 Å². The van der Waals surface area contributed by atoms with Crippen LogP contribution in [0.25, 0.3) is 0 Å². The van der Waals surface area contributed by atoms with Crippen molar-refractivity contribution >= 4 is 23.5 Å². The Morgan fingerprint density at radius 1 is 0.583 bits per heavy atom. The summed E-state index contributed by atoms with van der Waals surface area (Å²) < 4.78 is 0. The van der Waals surface area contributed by atoms with Gasteiger partial charge in [0.25, 0.3) is 0 Å². The first kappa shape index (κ1) is 23.6. The van der Waals surface area contributed by atoms with Gasteiger partial charge in [0, 0.05) is 11.5 Å². The molecule has 0 saturated heterocycles. The molecule has 0 rings (SSSR count). The van der Waals surface area contributed by atoms with Gasteiger partial charge in [0.05, 0.1) is 6.10 Å². The molecule has 0 aromatic carbocycles. The van der Waals surface area contributed by atoms with Gasteiger partial charge < -0.3 is 5.11 Å². The van der Waals surface area contributed by atoms with Crippen LogP contribution in [0.4, 0.5) is 0 Å². The highest BCUT2D eigenvalue weighted by atomic mass is 32.2. The quantitative estimate of drug-likeness (QED) is 0.228. The van der Waals surface area contributed by atoms with Gasteiger partial charge in [-0.15, -0.1) is 0 Å². The predicted octanol–water partition coefficient (Wildman–Crippen LogP) is 6.24. The van der Waals surface area contributed by atoms with Crippen molar-refractivity contribution in [2.45, 2.75) is 96.0 Å². The number of thiocyanates is 2. The first-order chi connectivity index (χ1) is 11.8. The Kier molecular flexibility index (Phi) is 20.4. The molecule has 0 spiro atoms. The molecule has 0 aliphatic rings. The van der Waals surface area contributed by atoms with Gasteiger partial charge in [-0.25, -0.2) is 0 Å². The number of aliphatic hydroxyl groups is 1. The molecule has 0 amide bonds. The molecule has 3 nitrogen and oxygen atoms in total. The van der Waals surface area contributed by atoms with Gasteiger partial charge in [-0.2, -0.15) is 10.5 Å². The Hall–Kier alpha value is -0.360. The number of rotatable bonds is 18. The zero-order valence-electron chi connectivity index (χ0n) is 15.0. The van der Waals surface area contributed by atoms with Crippen LogP contribution in [0.5, 0.6) is 0 Å².